The second kappa shape index (κ2) is 5.63. The standard InChI is InChI=1S/C12H14BrClN2O3S/c1-2-16(8-3-4-8)12(17)7-5-9(14)11(13)10(6-7)20(15,18)19/h5-6,8H,2-4H2,1H3,(H2,15,18,19). The van der Waals surface area contributed by atoms with Gasteiger partial charge in [-0.3, -0.25) is 4.79 Å². The van der Waals surface area contributed by atoms with Gasteiger partial charge >= 0.3 is 0 Å². The van der Waals surface area contributed by atoms with E-state index in [-0.39, 0.29) is 31.9 Å². The third-order valence-corrected chi connectivity index (χ3v) is 5.72. The first-order valence-corrected chi connectivity index (χ1v) is 8.80. The SMILES string of the molecule is CCN(C(=O)c1cc(Cl)c(Br)c(S(N)(=O)=O)c1)C1CC1. The molecule has 20 heavy (non-hydrogen) atoms. The van der Waals surface area contributed by atoms with E-state index in [0.29, 0.717) is 6.54 Å². The van der Waals surface area contributed by atoms with Gasteiger partial charge in [0, 0.05) is 18.2 Å². The number of benzene rings is 1. The fourth-order valence-corrected chi connectivity index (χ4v) is 3.85. The molecule has 0 aromatic heterocycles. The van der Waals surface area contributed by atoms with Crippen molar-refractivity contribution >= 4 is 43.5 Å². The number of nitrogens with zero attached hydrogens (tertiary/aromatic N) is 1. The summed E-state index contributed by atoms with van der Waals surface area (Å²) in [4.78, 5) is 14.0. The lowest BCUT2D eigenvalue weighted by atomic mass is 10.2. The van der Waals surface area contributed by atoms with E-state index in [2.05, 4.69) is 15.9 Å². The molecule has 110 valence electrons. The van der Waals surface area contributed by atoms with E-state index in [0.717, 1.165) is 12.8 Å². The Balaban J connectivity index is 2.47. The maximum absolute atomic E-state index is 12.4. The van der Waals surface area contributed by atoms with Crippen LogP contribution in [-0.2, 0) is 10.0 Å². The Morgan fingerprint density at radius 2 is 2.10 bits per heavy atom. The number of carbonyl (C=O) groups excluding carboxylic acids is 1. The second-order valence-electron chi connectivity index (χ2n) is 4.64. The maximum atomic E-state index is 12.4. The van der Waals surface area contributed by atoms with Crippen molar-refractivity contribution < 1.29 is 13.2 Å². The van der Waals surface area contributed by atoms with Gasteiger partial charge in [-0.15, -0.1) is 0 Å². The molecule has 0 heterocycles. The Hall–Kier alpha value is -0.630. The molecule has 0 aliphatic heterocycles. The third-order valence-electron chi connectivity index (χ3n) is 3.14. The van der Waals surface area contributed by atoms with Gasteiger partial charge in [-0.2, -0.15) is 0 Å². The zero-order valence-corrected chi connectivity index (χ0v) is 13.9. The zero-order valence-electron chi connectivity index (χ0n) is 10.8. The van der Waals surface area contributed by atoms with Gasteiger partial charge < -0.3 is 4.90 Å². The van der Waals surface area contributed by atoms with E-state index in [4.69, 9.17) is 16.7 Å². The molecule has 0 atom stereocenters. The van der Waals surface area contributed by atoms with Gasteiger partial charge in [0.2, 0.25) is 10.0 Å². The van der Waals surface area contributed by atoms with Crippen molar-refractivity contribution in [3.63, 3.8) is 0 Å². The molecular weight excluding hydrogens is 368 g/mol. The van der Waals surface area contributed by atoms with Gasteiger partial charge in [-0.1, -0.05) is 11.6 Å². The Bertz CT molecular complexity index is 659. The van der Waals surface area contributed by atoms with Gasteiger partial charge in [0.15, 0.2) is 0 Å². The average molecular weight is 382 g/mol. The first-order chi connectivity index (χ1) is 9.25. The molecule has 1 aliphatic carbocycles. The van der Waals surface area contributed by atoms with Crippen LogP contribution in [0.4, 0.5) is 0 Å². The third kappa shape index (κ3) is 3.16. The van der Waals surface area contributed by atoms with Crippen LogP contribution >= 0.6 is 27.5 Å². The van der Waals surface area contributed by atoms with Crippen molar-refractivity contribution in [2.24, 2.45) is 5.14 Å². The molecule has 1 aliphatic rings. The Morgan fingerprint density at radius 1 is 1.50 bits per heavy atom. The first kappa shape index (κ1) is 15.8. The fraction of sp³-hybridized carbons (Fsp3) is 0.417. The number of nitrogens with two attached hydrogens (primary N) is 1. The molecule has 0 bridgehead atoms. The minimum Gasteiger partial charge on any atom is -0.336 e. The number of hydrogen-bond acceptors (Lipinski definition) is 3. The summed E-state index contributed by atoms with van der Waals surface area (Å²) in [6, 6.07) is 2.96. The molecule has 2 rings (SSSR count). The van der Waals surface area contributed by atoms with Gasteiger partial charge in [-0.25, -0.2) is 13.6 Å². The van der Waals surface area contributed by atoms with Crippen molar-refractivity contribution in [2.45, 2.75) is 30.7 Å². The topological polar surface area (TPSA) is 80.5 Å². The van der Waals surface area contributed by atoms with Gasteiger partial charge in [0.1, 0.15) is 0 Å². The van der Waals surface area contributed by atoms with Crippen molar-refractivity contribution in [3.05, 3.63) is 27.2 Å². The molecular formula is C12H14BrClN2O3S. The minimum atomic E-state index is -3.95. The van der Waals surface area contributed by atoms with E-state index < -0.39 is 10.0 Å². The zero-order chi connectivity index (χ0) is 15.1. The molecule has 1 amide bonds. The predicted octanol–water partition coefficient (Wildman–Crippen LogP) is 2.37. The Morgan fingerprint density at radius 3 is 2.55 bits per heavy atom. The molecule has 1 saturated carbocycles. The van der Waals surface area contributed by atoms with Gasteiger partial charge in [0.25, 0.3) is 5.91 Å². The van der Waals surface area contributed by atoms with Crippen LogP contribution in [0.15, 0.2) is 21.5 Å². The number of sulfonamides is 1. The largest absolute Gasteiger partial charge is 0.336 e. The molecule has 1 aromatic rings. The summed E-state index contributed by atoms with van der Waals surface area (Å²) in [6.07, 6.45) is 1.96. The fourth-order valence-electron chi connectivity index (χ4n) is 2.01. The van der Waals surface area contributed by atoms with Crippen molar-refractivity contribution in [3.8, 4) is 0 Å². The Kier molecular flexibility index (Phi) is 4.44. The van der Waals surface area contributed by atoms with Crippen molar-refractivity contribution in [1.82, 2.24) is 4.90 Å². The van der Waals surface area contributed by atoms with E-state index in [1.807, 2.05) is 6.92 Å². The quantitative estimate of drug-likeness (QED) is 0.869. The first-order valence-electron chi connectivity index (χ1n) is 6.08. The Labute approximate surface area is 131 Å². The molecule has 1 aromatic carbocycles. The van der Waals surface area contributed by atoms with Crippen LogP contribution in [0, 0.1) is 0 Å². The number of carbonyl (C=O) groups is 1. The van der Waals surface area contributed by atoms with Crippen LogP contribution in [0.25, 0.3) is 0 Å². The number of primary sulfonamides is 1. The maximum Gasteiger partial charge on any atom is 0.254 e. The molecule has 5 nitrogen and oxygen atoms in total. The van der Waals surface area contributed by atoms with E-state index in [1.165, 1.54) is 12.1 Å². The van der Waals surface area contributed by atoms with Crippen LogP contribution in [-0.4, -0.2) is 31.8 Å². The van der Waals surface area contributed by atoms with E-state index >= 15 is 0 Å². The smallest absolute Gasteiger partial charge is 0.254 e. The molecule has 1 fully saturated rings. The van der Waals surface area contributed by atoms with Crippen LogP contribution in [0.1, 0.15) is 30.1 Å². The lowest BCUT2D eigenvalue weighted by molar-refractivity contribution is 0.0752. The highest BCUT2D eigenvalue weighted by atomic mass is 79.9. The summed E-state index contributed by atoms with van der Waals surface area (Å²) in [7, 11) is -3.95. The normalized spacial score (nSPS) is 15.2. The molecule has 0 unspecified atom stereocenters. The highest BCUT2D eigenvalue weighted by Gasteiger charge is 2.32. The average Bonchev–Trinajstić information content (AvgIpc) is 3.16. The van der Waals surface area contributed by atoms with Gasteiger partial charge in [0.05, 0.1) is 14.4 Å². The molecule has 0 saturated heterocycles. The summed E-state index contributed by atoms with van der Waals surface area (Å²) in [5.74, 6) is -0.227. The summed E-state index contributed by atoms with van der Waals surface area (Å²) in [6.45, 7) is 2.46. The van der Waals surface area contributed by atoms with Crippen LogP contribution in [0.2, 0.25) is 5.02 Å². The molecule has 8 heteroatoms. The second-order valence-corrected chi connectivity index (χ2v) is 7.37. The number of hydrogen-bond donors (Lipinski definition) is 1. The molecule has 0 radical (unpaired) electrons. The highest BCUT2D eigenvalue weighted by Crippen LogP contribution is 2.33. The number of halogens is 2. The monoisotopic (exact) mass is 380 g/mol. The summed E-state index contributed by atoms with van der Waals surface area (Å²) < 4.78 is 23.2. The lowest BCUT2D eigenvalue weighted by Crippen LogP contribution is -2.33. The molecule has 0 spiro atoms. The van der Waals surface area contributed by atoms with Crippen LogP contribution < -0.4 is 5.14 Å². The van der Waals surface area contributed by atoms with Crippen molar-refractivity contribution in [2.75, 3.05) is 6.54 Å². The summed E-state index contributed by atoms with van der Waals surface area (Å²) >= 11 is 9.05. The highest BCUT2D eigenvalue weighted by molar-refractivity contribution is 9.10. The van der Waals surface area contributed by atoms with Crippen LogP contribution in [0.5, 0.6) is 0 Å². The number of amides is 1. The molecule has 2 N–H and O–H groups in total. The minimum absolute atomic E-state index is 0.145. The van der Waals surface area contributed by atoms with E-state index in [1.54, 1.807) is 4.90 Å². The summed E-state index contributed by atoms with van der Waals surface area (Å²) in [5, 5.41) is 5.28. The number of rotatable bonds is 4. The lowest BCUT2D eigenvalue weighted by Gasteiger charge is -2.21. The van der Waals surface area contributed by atoms with E-state index in [9.17, 15) is 13.2 Å². The predicted molar refractivity (Wildman–Crippen MR) is 80.3 cm³/mol. The van der Waals surface area contributed by atoms with Crippen molar-refractivity contribution in [1.29, 1.82) is 0 Å². The van der Waals surface area contributed by atoms with Gasteiger partial charge in [-0.05, 0) is 47.8 Å². The summed E-state index contributed by atoms with van der Waals surface area (Å²) in [5.41, 5.74) is 0.232. The van der Waals surface area contributed by atoms with Crippen LogP contribution in [0.3, 0.4) is 0 Å².